The van der Waals surface area contributed by atoms with Gasteiger partial charge in [0.05, 0.1) is 4.90 Å². The van der Waals surface area contributed by atoms with Gasteiger partial charge in [-0.05, 0) is 30.7 Å². The lowest BCUT2D eigenvalue weighted by Crippen LogP contribution is -1.97. The molecule has 0 fully saturated rings. The maximum absolute atomic E-state index is 12.1. The van der Waals surface area contributed by atoms with E-state index in [9.17, 15) is 8.42 Å². The fraction of sp³-hybridized carbons (Fsp3) is 0.0769. The molecule has 2 rings (SSSR count). The Labute approximate surface area is 111 Å². The molecule has 0 aliphatic heterocycles. The molecule has 2 aromatic carbocycles. The molecule has 0 bridgehead atoms. The van der Waals surface area contributed by atoms with Crippen LogP contribution in [0, 0.1) is 6.92 Å². The van der Waals surface area contributed by atoms with Gasteiger partial charge >= 0.3 is 0 Å². The van der Waals surface area contributed by atoms with Crippen LogP contribution in [0.15, 0.2) is 53.4 Å². The van der Waals surface area contributed by atoms with E-state index in [-0.39, 0.29) is 4.90 Å². The first-order valence-electron chi connectivity index (χ1n) is 5.29. The van der Waals surface area contributed by atoms with E-state index in [0.717, 1.165) is 0 Å². The third kappa shape index (κ3) is 2.66. The van der Waals surface area contributed by atoms with E-state index in [1.54, 1.807) is 43.3 Å². The van der Waals surface area contributed by atoms with Gasteiger partial charge in [0.1, 0.15) is 10.0 Å². The quantitative estimate of drug-likeness (QED) is 0.852. The molecule has 0 spiro atoms. The van der Waals surface area contributed by atoms with Gasteiger partial charge in [0, 0.05) is 5.02 Å². The van der Waals surface area contributed by atoms with Crippen molar-refractivity contribution < 1.29 is 8.42 Å². The van der Waals surface area contributed by atoms with Crippen molar-refractivity contribution in [3.8, 4) is 0 Å². The standard InChI is InChI=1S/C13H11ClNO2S/c1-10-12(14)8-5-9-13(10)15-18(16,17)11-6-3-2-4-7-11/h2-9H,1H3/q-1. The van der Waals surface area contributed by atoms with Gasteiger partial charge in [-0.2, -0.15) is 0 Å². The summed E-state index contributed by atoms with van der Waals surface area (Å²) >= 11 is 5.93. The zero-order chi connectivity index (χ0) is 13.2. The van der Waals surface area contributed by atoms with Crippen LogP contribution in [0.5, 0.6) is 0 Å². The molecular formula is C13H11ClNO2S-. The van der Waals surface area contributed by atoms with Gasteiger partial charge in [-0.3, -0.25) is 0 Å². The smallest absolute Gasteiger partial charge is 0.123 e. The molecule has 0 atom stereocenters. The number of halogens is 1. The van der Waals surface area contributed by atoms with Crippen molar-refractivity contribution in [1.29, 1.82) is 0 Å². The minimum absolute atomic E-state index is 0.171. The van der Waals surface area contributed by atoms with Crippen molar-refractivity contribution in [2.24, 2.45) is 0 Å². The predicted molar refractivity (Wildman–Crippen MR) is 72.8 cm³/mol. The second-order valence-corrected chi connectivity index (χ2v) is 5.77. The molecule has 0 saturated heterocycles. The second kappa shape index (κ2) is 5.00. The van der Waals surface area contributed by atoms with Gasteiger partial charge in [-0.15, -0.1) is 5.69 Å². The maximum Gasteiger partial charge on any atom is 0.123 e. The largest absolute Gasteiger partial charge is 0.572 e. The minimum atomic E-state index is -3.69. The number of benzene rings is 2. The van der Waals surface area contributed by atoms with Crippen molar-refractivity contribution in [2.75, 3.05) is 0 Å². The van der Waals surface area contributed by atoms with E-state index < -0.39 is 10.0 Å². The van der Waals surface area contributed by atoms with Crippen molar-refractivity contribution in [3.63, 3.8) is 0 Å². The Kier molecular flexibility index (Phi) is 3.59. The summed E-state index contributed by atoms with van der Waals surface area (Å²) in [7, 11) is -3.69. The van der Waals surface area contributed by atoms with Gasteiger partial charge < -0.3 is 4.72 Å². The lowest BCUT2D eigenvalue weighted by atomic mass is 10.2. The number of hydrogen-bond donors (Lipinski definition) is 0. The summed E-state index contributed by atoms with van der Waals surface area (Å²) in [5.41, 5.74) is 1.02. The zero-order valence-electron chi connectivity index (χ0n) is 9.67. The van der Waals surface area contributed by atoms with E-state index in [4.69, 9.17) is 11.6 Å². The summed E-state index contributed by atoms with van der Waals surface area (Å²) in [5, 5.41) is 0.500. The summed E-state index contributed by atoms with van der Waals surface area (Å²) in [5.74, 6) is 0. The average molecular weight is 281 g/mol. The third-order valence-electron chi connectivity index (χ3n) is 2.50. The average Bonchev–Trinajstić information content (AvgIpc) is 2.36. The molecular weight excluding hydrogens is 270 g/mol. The van der Waals surface area contributed by atoms with Crippen molar-refractivity contribution in [1.82, 2.24) is 0 Å². The summed E-state index contributed by atoms with van der Waals surface area (Å²) < 4.78 is 27.9. The van der Waals surface area contributed by atoms with E-state index >= 15 is 0 Å². The van der Waals surface area contributed by atoms with E-state index in [1.165, 1.54) is 12.1 Å². The fourth-order valence-electron chi connectivity index (χ4n) is 1.47. The monoisotopic (exact) mass is 280 g/mol. The highest BCUT2D eigenvalue weighted by Crippen LogP contribution is 2.33. The normalized spacial score (nSPS) is 11.2. The molecule has 0 aliphatic carbocycles. The van der Waals surface area contributed by atoms with Crippen molar-refractivity contribution >= 4 is 27.3 Å². The van der Waals surface area contributed by atoms with Gasteiger partial charge in [0.15, 0.2) is 0 Å². The summed E-state index contributed by atoms with van der Waals surface area (Å²) in [6.45, 7) is 1.74. The van der Waals surface area contributed by atoms with Crippen molar-refractivity contribution in [2.45, 2.75) is 11.8 Å². The van der Waals surface area contributed by atoms with E-state index in [0.29, 0.717) is 16.3 Å². The maximum atomic E-state index is 12.1. The van der Waals surface area contributed by atoms with Crippen LogP contribution in [-0.4, -0.2) is 8.42 Å². The Bertz CT molecular complexity index is 654. The first-order chi connectivity index (χ1) is 8.50. The van der Waals surface area contributed by atoms with E-state index in [1.807, 2.05) is 0 Å². The van der Waals surface area contributed by atoms with Crippen LogP contribution >= 0.6 is 11.6 Å². The van der Waals surface area contributed by atoms with Crippen LogP contribution in [0.1, 0.15) is 5.56 Å². The Morgan fingerprint density at radius 2 is 1.67 bits per heavy atom. The van der Waals surface area contributed by atoms with Gasteiger partial charge in [-0.1, -0.05) is 41.9 Å². The van der Waals surface area contributed by atoms with Gasteiger partial charge in [0.25, 0.3) is 0 Å². The predicted octanol–water partition coefficient (Wildman–Crippen LogP) is 4.04. The zero-order valence-corrected chi connectivity index (χ0v) is 11.2. The van der Waals surface area contributed by atoms with Crippen LogP contribution in [0.2, 0.25) is 5.02 Å². The second-order valence-electron chi connectivity index (χ2n) is 3.76. The molecule has 0 aromatic heterocycles. The lowest BCUT2D eigenvalue weighted by Gasteiger charge is -2.24. The molecule has 3 nitrogen and oxygen atoms in total. The molecule has 0 aliphatic rings. The van der Waals surface area contributed by atoms with Crippen molar-refractivity contribution in [3.05, 3.63) is 63.8 Å². The molecule has 2 aromatic rings. The number of hydrogen-bond acceptors (Lipinski definition) is 2. The summed E-state index contributed by atoms with van der Waals surface area (Å²) in [6, 6.07) is 13.1. The van der Waals surface area contributed by atoms with Crippen LogP contribution in [0.3, 0.4) is 0 Å². The topological polar surface area (TPSA) is 48.2 Å². The van der Waals surface area contributed by atoms with Gasteiger partial charge in [-0.25, -0.2) is 8.42 Å². The number of sulfonamides is 1. The summed E-state index contributed by atoms with van der Waals surface area (Å²) in [4.78, 5) is 0.171. The Morgan fingerprint density at radius 3 is 2.33 bits per heavy atom. The molecule has 94 valence electrons. The lowest BCUT2D eigenvalue weighted by molar-refractivity contribution is 0.603. The minimum Gasteiger partial charge on any atom is -0.572 e. The van der Waals surface area contributed by atoms with Gasteiger partial charge in [0.2, 0.25) is 0 Å². The molecule has 0 saturated carbocycles. The Balaban J connectivity index is 2.37. The Morgan fingerprint density at radius 1 is 1.00 bits per heavy atom. The molecule has 0 heterocycles. The van der Waals surface area contributed by atoms with Crippen LogP contribution < -0.4 is 0 Å². The SMILES string of the molecule is Cc1c(Cl)cccc1[N-]S(=O)(=O)c1ccccc1. The first-order valence-corrected chi connectivity index (χ1v) is 7.11. The first kappa shape index (κ1) is 12.9. The Hall–Kier alpha value is -1.52. The van der Waals surface area contributed by atoms with Crippen LogP contribution in [-0.2, 0) is 10.0 Å². The number of nitrogens with zero attached hydrogens (tertiary/aromatic N) is 1. The van der Waals surface area contributed by atoms with Crippen LogP contribution in [0.4, 0.5) is 5.69 Å². The molecule has 18 heavy (non-hydrogen) atoms. The third-order valence-corrected chi connectivity index (χ3v) is 4.21. The molecule has 0 amide bonds. The molecule has 0 N–H and O–H groups in total. The highest BCUT2D eigenvalue weighted by molar-refractivity contribution is 7.94. The highest BCUT2D eigenvalue weighted by atomic mass is 35.5. The summed E-state index contributed by atoms with van der Waals surface area (Å²) in [6.07, 6.45) is 0. The molecule has 5 heteroatoms. The van der Waals surface area contributed by atoms with Crippen LogP contribution in [0.25, 0.3) is 4.72 Å². The molecule has 0 unspecified atom stereocenters. The molecule has 0 radical (unpaired) electrons. The number of rotatable bonds is 3. The van der Waals surface area contributed by atoms with E-state index in [2.05, 4.69) is 4.72 Å². The fourth-order valence-corrected chi connectivity index (χ4v) is 2.70. The highest BCUT2D eigenvalue weighted by Gasteiger charge is 2.05.